The van der Waals surface area contributed by atoms with Gasteiger partial charge in [-0.1, -0.05) is 30.3 Å². The summed E-state index contributed by atoms with van der Waals surface area (Å²) < 4.78 is 6.49. The zero-order valence-electron chi connectivity index (χ0n) is 14.3. The third-order valence-corrected chi connectivity index (χ3v) is 5.75. The Morgan fingerprint density at radius 3 is 2.77 bits per heavy atom. The molecule has 1 atom stereocenters. The molecule has 0 saturated carbocycles. The Hall–Kier alpha value is -1.74. The van der Waals surface area contributed by atoms with Gasteiger partial charge in [0, 0.05) is 15.0 Å². The van der Waals surface area contributed by atoms with Crippen LogP contribution in [-0.4, -0.2) is 34.6 Å². The summed E-state index contributed by atoms with van der Waals surface area (Å²) >= 11 is 3.78. The Labute approximate surface area is 170 Å². The molecule has 1 aliphatic rings. The molecular weight excluding hydrogens is 463 g/mol. The lowest BCUT2D eigenvalue weighted by Gasteiger charge is -2.23. The Morgan fingerprint density at radius 2 is 2.04 bits per heavy atom. The lowest BCUT2D eigenvalue weighted by atomic mass is 10.2. The maximum Gasteiger partial charge on any atom is 0.411 e. The van der Waals surface area contributed by atoms with Crippen LogP contribution in [-0.2, 0) is 16.1 Å². The van der Waals surface area contributed by atoms with Gasteiger partial charge in [0.2, 0.25) is 5.91 Å². The topological polar surface area (TPSA) is 58.6 Å². The summed E-state index contributed by atoms with van der Waals surface area (Å²) in [5, 5.41) is 2.93. The number of aryl methyl sites for hydroxylation is 1. The van der Waals surface area contributed by atoms with Crippen LogP contribution in [0.2, 0.25) is 0 Å². The van der Waals surface area contributed by atoms with Crippen LogP contribution in [0.15, 0.2) is 48.5 Å². The van der Waals surface area contributed by atoms with Crippen molar-refractivity contribution in [2.24, 2.45) is 0 Å². The molecule has 1 fully saturated rings. The lowest BCUT2D eigenvalue weighted by molar-refractivity contribution is -0.119. The van der Waals surface area contributed by atoms with Crippen LogP contribution >= 0.6 is 34.4 Å². The van der Waals surface area contributed by atoms with Gasteiger partial charge in [-0.05, 0) is 58.8 Å². The van der Waals surface area contributed by atoms with E-state index < -0.39 is 12.1 Å². The predicted octanol–water partition coefficient (Wildman–Crippen LogP) is 4.25. The average molecular weight is 482 g/mol. The number of anilines is 1. The number of benzene rings is 2. The minimum absolute atomic E-state index is 0.184. The van der Waals surface area contributed by atoms with Gasteiger partial charge < -0.3 is 10.1 Å². The highest BCUT2D eigenvalue weighted by molar-refractivity contribution is 14.1. The number of ether oxygens (including phenoxy) is 1. The van der Waals surface area contributed by atoms with Crippen molar-refractivity contribution in [2.75, 3.05) is 16.9 Å². The summed E-state index contributed by atoms with van der Waals surface area (Å²) in [6, 6.07) is 14.8. The van der Waals surface area contributed by atoms with Crippen molar-refractivity contribution >= 4 is 52.0 Å². The molecule has 3 rings (SSSR count). The molecule has 2 amide bonds. The maximum absolute atomic E-state index is 12.7. The Balaban J connectivity index is 1.61. The molecule has 0 bridgehead atoms. The van der Waals surface area contributed by atoms with Gasteiger partial charge in [-0.25, -0.2) is 4.79 Å². The van der Waals surface area contributed by atoms with Gasteiger partial charge in [-0.2, -0.15) is 0 Å². The number of carbonyl (C=O) groups is 2. The second kappa shape index (κ2) is 8.77. The maximum atomic E-state index is 12.7. The molecule has 7 heteroatoms. The zero-order valence-corrected chi connectivity index (χ0v) is 17.2. The molecule has 0 aliphatic carbocycles. The minimum Gasteiger partial charge on any atom is -0.445 e. The van der Waals surface area contributed by atoms with Crippen LogP contribution < -0.4 is 5.32 Å². The second-order valence-electron chi connectivity index (χ2n) is 5.97. The minimum atomic E-state index is -0.526. The largest absolute Gasteiger partial charge is 0.445 e. The highest BCUT2D eigenvalue weighted by Gasteiger charge is 2.35. The number of rotatable bonds is 4. The molecule has 1 heterocycles. The van der Waals surface area contributed by atoms with Crippen LogP contribution in [0.4, 0.5) is 10.5 Å². The van der Waals surface area contributed by atoms with Crippen molar-refractivity contribution in [1.29, 1.82) is 0 Å². The molecule has 0 aromatic heterocycles. The molecular formula is C19H19IN2O3S. The van der Waals surface area contributed by atoms with Crippen molar-refractivity contribution < 1.29 is 14.3 Å². The predicted molar refractivity (Wildman–Crippen MR) is 112 cm³/mol. The highest BCUT2D eigenvalue weighted by atomic mass is 127. The van der Waals surface area contributed by atoms with E-state index >= 15 is 0 Å². The molecule has 2 aromatic carbocycles. The SMILES string of the molecule is Cc1cc(I)ccc1NC(=O)C1CSCN1C(=O)OCc1ccccc1. The number of nitrogens with zero attached hydrogens (tertiary/aromatic N) is 1. The van der Waals surface area contributed by atoms with Gasteiger partial charge in [0.05, 0.1) is 5.88 Å². The number of hydrogen-bond acceptors (Lipinski definition) is 4. The Kier molecular flexibility index (Phi) is 6.42. The normalized spacial score (nSPS) is 16.4. The number of nitrogens with one attached hydrogen (secondary N) is 1. The summed E-state index contributed by atoms with van der Waals surface area (Å²) in [7, 11) is 0. The smallest absolute Gasteiger partial charge is 0.411 e. The van der Waals surface area contributed by atoms with Gasteiger partial charge in [0.25, 0.3) is 0 Å². The van der Waals surface area contributed by atoms with E-state index in [2.05, 4.69) is 27.9 Å². The summed E-state index contributed by atoms with van der Waals surface area (Å²) in [5.41, 5.74) is 2.68. The van der Waals surface area contributed by atoms with E-state index in [0.29, 0.717) is 11.6 Å². The van der Waals surface area contributed by atoms with Gasteiger partial charge in [-0.15, -0.1) is 11.8 Å². The molecule has 1 N–H and O–H groups in total. The van der Waals surface area contributed by atoms with Gasteiger partial charge in [-0.3, -0.25) is 9.69 Å². The van der Waals surface area contributed by atoms with E-state index in [1.54, 1.807) is 11.8 Å². The fraction of sp³-hybridized carbons (Fsp3) is 0.263. The molecule has 0 spiro atoms. The van der Waals surface area contributed by atoms with Gasteiger partial charge in [0.1, 0.15) is 12.6 Å². The first-order valence-electron chi connectivity index (χ1n) is 8.16. The van der Waals surface area contributed by atoms with Crippen LogP contribution in [0.1, 0.15) is 11.1 Å². The molecule has 136 valence electrons. The fourth-order valence-corrected chi connectivity index (χ4v) is 4.41. The molecule has 2 aromatic rings. The van der Waals surface area contributed by atoms with Crippen molar-refractivity contribution in [1.82, 2.24) is 4.90 Å². The van der Waals surface area contributed by atoms with Crippen molar-refractivity contribution in [3.05, 3.63) is 63.2 Å². The Morgan fingerprint density at radius 1 is 1.27 bits per heavy atom. The van der Waals surface area contributed by atoms with Crippen molar-refractivity contribution in [2.45, 2.75) is 19.6 Å². The number of carbonyl (C=O) groups excluding carboxylic acids is 2. The molecule has 0 radical (unpaired) electrons. The van der Waals surface area contributed by atoms with E-state index in [9.17, 15) is 9.59 Å². The molecule has 1 unspecified atom stereocenters. The van der Waals surface area contributed by atoms with E-state index in [4.69, 9.17) is 4.74 Å². The zero-order chi connectivity index (χ0) is 18.5. The number of amides is 2. The van der Waals surface area contributed by atoms with Crippen LogP contribution in [0, 0.1) is 10.5 Å². The Bertz CT molecular complexity index is 801. The van der Waals surface area contributed by atoms with Crippen LogP contribution in [0.5, 0.6) is 0 Å². The molecule has 26 heavy (non-hydrogen) atoms. The van der Waals surface area contributed by atoms with Gasteiger partial charge >= 0.3 is 6.09 Å². The quantitative estimate of drug-likeness (QED) is 0.663. The first kappa shape index (κ1) is 19.0. The third-order valence-electron chi connectivity index (χ3n) is 4.07. The average Bonchev–Trinajstić information content (AvgIpc) is 3.13. The molecule has 1 saturated heterocycles. The number of hydrogen-bond donors (Lipinski definition) is 1. The summed E-state index contributed by atoms with van der Waals surface area (Å²) in [5.74, 6) is 0.837. The first-order chi connectivity index (χ1) is 12.5. The van der Waals surface area contributed by atoms with E-state index in [0.717, 1.165) is 20.4 Å². The summed E-state index contributed by atoms with van der Waals surface area (Å²) in [4.78, 5) is 26.6. The number of halogens is 1. The first-order valence-corrected chi connectivity index (χ1v) is 10.4. The number of thioether (sulfide) groups is 1. The van der Waals surface area contributed by atoms with Crippen LogP contribution in [0.25, 0.3) is 0 Å². The van der Waals surface area contributed by atoms with E-state index in [-0.39, 0.29) is 12.5 Å². The highest BCUT2D eigenvalue weighted by Crippen LogP contribution is 2.24. The fourth-order valence-electron chi connectivity index (χ4n) is 2.63. The molecule has 5 nitrogen and oxygen atoms in total. The standard InChI is InChI=1S/C19H19IN2O3S/c1-13-9-15(20)7-8-16(13)21-18(23)17-11-26-12-22(17)19(24)25-10-14-5-3-2-4-6-14/h2-9,17H,10-12H2,1H3,(H,21,23). The monoisotopic (exact) mass is 482 g/mol. The van der Waals surface area contributed by atoms with Crippen molar-refractivity contribution in [3.63, 3.8) is 0 Å². The second-order valence-corrected chi connectivity index (χ2v) is 8.22. The summed E-state index contributed by atoms with van der Waals surface area (Å²) in [6.45, 7) is 2.15. The summed E-state index contributed by atoms with van der Waals surface area (Å²) in [6.07, 6.45) is -0.460. The van der Waals surface area contributed by atoms with Gasteiger partial charge in [0.15, 0.2) is 0 Å². The molecule has 1 aliphatic heterocycles. The third kappa shape index (κ3) is 4.70. The van der Waals surface area contributed by atoms with Crippen molar-refractivity contribution in [3.8, 4) is 0 Å². The van der Waals surface area contributed by atoms with E-state index in [1.807, 2.05) is 55.5 Å². The van der Waals surface area contributed by atoms with Crippen LogP contribution in [0.3, 0.4) is 0 Å². The van der Waals surface area contributed by atoms with E-state index in [1.165, 1.54) is 4.90 Å². The lowest BCUT2D eigenvalue weighted by Crippen LogP contribution is -2.44.